The number of guanidine groups is 1. The Labute approximate surface area is 167 Å². The first kappa shape index (κ1) is 23.0. The van der Waals surface area contributed by atoms with Crippen molar-refractivity contribution < 1.29 is 26.3 Å². The first-order chi connectivity index (χ1) is 11.5. The molecule has 11 heteroatoms. The zero-order valence-electron chi connectivity index (χ0n) is 14.3. The summed E-state index contributed by atoms with van der Waals surface area (Å²) in [6.07, 6.45) is -4.04. The lowest BCUT2D eigenvalue weighted by molar-refractivity contribution is -0.139. The third kappa shape index (κ3) is 5.98. The van der Waals surface area contributed by atoms with Gasteiger partial charge in [0.2, 0.25) is 0 Å². The van der Waals surface area contributed by atoms with Crippen LogP contribution in [0.3, 0.4) is 0 Å². The highest BCUT2D eigenvalue weighted by Gasteiger charge is 2.36. The van der Waals surface area contributed by atoms with Crippen molar-refractivity contribution >= 4 is 39.8 Å². The summed E-state index contributed by atoms with van der Waals surface area (Å²) < 4.78 is 67.9. The predicted molar refractivity (Wildman–Crippen MR) is 102 cm³/mol. The molecule has 6 nitrogen and oxygen atoms in total. The molecule has 1 heterocycles. The molecule has 0 amide bonds. The van der Waals surface area contributed by atoms with Crippen LogP contribution >= 0.6 is 24.0 Å². The zero-order chi connectivity index (χ0) is 18.8. The summed E-state index contributed by atoms with van der Waals surface area (Å²) >= 11 is 0. The Morgan fingerprint density at radius 1 is 1.42 bits per heavy atom. The van der Waals surface area contributed by atoms with Crippen molar-refractivity contribution in [2.45, 2.75) is 30.6 Å². The van der Waals surface area contributed by atoms with E-state index in [1.807, 2.05) is 6.92 Å². The highest BCUT2D eigenvalue weighted by atomic mass is 127. The number of ether oxygens (including phenoxy) is 1. The number of sulfone groups is 1. The minimum Gasteiger partial charge on any atom is -0.375 e. The summed E-state index contributed by atoms with van der Waals surface area (Å²) in [5.41, 5.74) is 4.92. The highest BCUT2D eigenvalue weighted by molar-refractivity contribution is 14.0. The van der Waals surface area contributed by atoms with Gasteiger partial charge in [-0.1, -0.05) is 6.07 Å². The van der Waals surface area contributed by atoms with E-state index < -0.39 is 26.5 Å². The Kier molecular flexibility index (Phi) is 7.72. The fourth-order valence-corrected chi connectivity index (χ4v) is 3.41. The molecular formula is C15H21F3IN3O3S. The number of halogens is 4. The molecule has 2 rings (SSSR count). The van der Waals surface area contributed by atoms with E-state index in [0.29, 0.717) is 19.7 Å². The average molecular weight is 507 g/mol. The van der Waals surface area contributed by atoms with Crippen molar-refractivity contribution in [1.82, 2.24) is 4.90 Å². The molecular weight excluding hydrogens is 486 g/mol. The molecule has 1 aromatic carbocycles. The van der Waals surface area contributed by atoms with Gasteiger partial charge in [0.1, 0.15) is 0 Å². The summed E-state index contributed by atoms with van der Waals surface area (Å²) in [6, 6.07) is 3.06. The van der Waals surface area contributed by atoms with Crippen LogP contribution in [0.1, 0.15) is 18.1 Å². The number of aliphatic imine (C=N–C) groups is 1. The molecule has 1 atom stereocenters. The Hall–Kier alpha value is -1.08. The van der Waals surface area contributed by atoms with Crippen molar-refractivity contribution in [2.75, 3.05) is 26.0 Å². The van der Waals surface area contributed by atoms with E-state index in [4.69, 9.17) is 10.5 Å². The van der Waals surface area contributed by atoms with Crippen molar-refractivity contribution in [3.63, 3.8) is 0 Å². The fraction of sp³-hybridized carbons (Fsp3) is 0.533. The molecule has 0 spiro atoms. The smallest absolute Gasteiger partial charge is 0.375 e. The van der Waals surface area contributed by atoms with Crippen LogP contribution in [0.15, 0.2) is 28.1 Å². The quantitative estimate of drug-likeness (QED) is 0.386. The van der Waals surface area contributed by atoms with Crippen LogP contribution in [0.2, 0.25) is 0 Å². The third-order valence-electron chi connectivity index (χ3n) is 3.74. The van der Waals surface area contributed by atoms with Crippen LogP contribution in [-0.2, 0) is 27.3 Å². The second-order valence-electron chi connectivity index (χ2n) is 5.90. The maximum atomic E-state index is 13.1. The number of hydrogen-bond donors (Lipinski definition) is 1. The number of alkyl halides is 3. The van der Waals surface area contributed by atoms with Gasteiger partial charge in [0.15, 0.2) is 15.8 Å². The third-order valence-corrected chi connectivity index (χ3v) is 4.89. The summed E-state index contributed by atoms with van der Waals surface area (Å²) in [7, 11) is -3.99. The summed E-state index contributed by atoms with van der Waals surface area (Å²) in [5.74, 6) is 0.218. The number of benzene rings is 1. The average Bonchev–Trinajstić information content (AvgIpc) is 2.50. The van der Waals surface area contributed by atoms with Gasteiger partial charge in [0.05, 0.1) is 29.7 Å². The second kappa shape index (κ2) is 8.74. The van der Waals surface area contributed by atoms with Crippen LogP contribution in [-0.4, -0.2) is 51.3 Å². The minimum absolute atomic E-state index is 0. The maximum absolute atomic E-state index is 13.1. The van der Waals surface area contributed by atoms with Crippen LogP contribution in [0, 0.1) is 0 Å². The molecule has 148 valence electrons. The predicted octanol–water partition coefficient (Wildman–Crippen LogP) is 2.26. The second-order valence-corrected chi connectivity index (χ2v) is 7.89. The number of nitrogens with zero attached hydrogens (tertiary/aromatic N) is 2. The molecule has 1 fully saturated rings. The first-order valence-corrected chi connectivity index (χ1v) is 9.44. The van der Waals surface area contributed by atoms with Gasteiger partial charge in [0, 0.05) is 19.3 Å². The van der Waals surface area contributed by atoms with Crippen molar-refractivity contribution in [3.05, 3.63) is 29.3 Å². The van der Waals surface area contributed by atoms with E-state index in [1.54, 1.807) is 4.90 Å². The molecule has 1 aromatic rings. The molecule has 26 heavy (non-hydrogen) atoms. The highest BCUT2D eigenvalue weighted by Crippen LogP contribution is 2.35. The SMILES string of the molecule is CC1CN(C(N)=NCc2ccc(S(C)(=O)=O)c(C(F)(F)F)c2)CCO1.I. The lowest BCUT2D eigenvalue weighted by atomic mass is 10.1. The Morgan fingerprint density at radius 3 is 2.62 bits per heavy atom. The molecule has 2 N–H and O–H groups in total. The molecule has 0 radical (unpaired) electrons. The minimum atomic E-state index is -4.77. The van der Waals surface area contributed by atoms with Gasteiger partial charge >= 0.3 is 6.18 Å². The van der Waals surface area contributed by atoms with Gasteiger partial charge in [-0.25, -0.2) is 13.4 Å². The van der Waals surface area contributed by atoms with Gasteiger partial charge < -0.3 is 15.4 Å². The van der Waals surface area contributed by atoms with E-state index in [0.717, 1.165) is 18.4 Å². The van der Waals surface area contributed by atoms with Crippen molar-refractivity contribution in [1.29, 1.82) is 0 Å². The first-order valence-electron chi connectivity index (χ1n) is 7.55. The Bertz CT molecular complexity index is 769. The molecule has 0 saturated carbocycles. The molecule has 1 aliphatic rings. The van der Waals surface area contributed by atoms with Gasteiger partial charge in [-0.3, -0.25) is 0 Å². The number of morpholine rings is 1. The van der Waals surface area contributed by atoms with Gasteiger partial charge in [0.25, 0.3) is 0 Å². The fourth-order valence-electron chi connectivity index (χ4n) is 2.52. The van der Waals surface area contributed by atoms with Crippen LogP contribution in [0.4, 0.5) is 13.2 Å². The number of hydrogen-bond acceptors (Lipinski definition) is 4. The summed E-state index contributed by atoms with van der Waals surface area (Å²) in [5, 5.41) is 0. The topological polar surface area (TPSA) is 85.0 Å². The molecule has 1 aliphatic heterocycles. The number of rotatable bonds is 3. The van der Waals surface area contributed by atoms with Crippen LogP contribution < -0.4 is 5.73 Å². The monoisotopic (exact) mass is 507 g/mol. The zero-order valence-corrected chi connectivity index (χ0v) is 17.4. The Balaban J connectivity index is 0.00000338. The van der Waals surface area contributed by atoms with E-state index in [1.165, 1.54) is 6.07 Å². The molecule has 0 bridgehead atoms. The summed E-state index contributed by atoms with van der Waals surface area (Å²) in [6.45, 7) is 3.42. The lowest BCUT2D eigenvalue weighted by Crippen LogP contribution is -2.47. The van der Waals surface area contributed by atoms with Crippen molar-refractivity contribution in [3.8, 4) is 0 Å². The van der Waals surface area contributed by atoms with E-state index >= 15 is 0 Å². The van der Waals surface area contributed by atoms with Crippen molar-refractivity contribution in [2.24, 2.45) is 10.7 Å². The number of nitrogens with two attached hydrogens (primary N) is 1. The van der Waals surface area contributed by atoms with Gasteiger partial charge in [-0.2, -0.15) is 13.2 Å². The summed E-state index contributed by atoms with van der Waals surface area (Å²) in [4.78, 5) is 5.16. The van der Waals surface area contributed by atoms with E-state index in [2.05, 4.69) is 4.99 Å². The van der Waals surface area contributed by atoms with Crippen LogP contribution in [0.5, 0.6) is 0 Å². The van der Waals surface area contributed by atoms with E-state index in [9.17, 15) is 21.6 Å². The van der Waals surface area contributed by atoms with Gasteiger partial charge in [-0.15, -0.1) is 24.0 Å². The Morgan fingerprint density at radius 2 is 2.08 bits per heavy atom. The van der Waals surface area contributed by atoms with Crippen LogP contribution in [0.25, 0.3) is 0 Å². The molecule has 0 aromatic heterocycles. The molecule has 0 aliphatic carbocycles. The largest absolute Gasteiger partial charge is 0.417 e. The maximum Gasteiger partial charge on any atom is 0.417 e. The van der Waals surface area contributed by atoms with Gasteiger partial charge in [-0.05, 0) is 24.6 Å². The lowest BCUT2D eigenvalue weighted by Gasteiger charge is -2.31. The molecule has 1 unspecified atom stereocenters. The molecule has 1 saturated heterocycles. The van der Waals surface area contributed by atoms with E-state index in [-0.39, 0.29) is 48.1 Å². The standard InChI is InChI=1S/C15H20F3N3O3S.HI/c1-10-9-21(5-6-24-10)14(19)20-8-11-3-4-13(25(2,22)23)12(7-11)15(16,17)18;/h3-4,7,10H,5-6,8-9H2,1-2H3,(H2,19,20);1H. The normalized spacial score (nSPS) is 19.2.